The summed E-state index contributed by atoms with van der Waals surface area (Å²) in [5.41, 5.74) is 0.221. The Hall–Kier alpha value is -0.220. The molecule has 2 atom stereocenters. The second kappa shape index (κ2) is 4.96. The molecular formula is C12H21NO2S. The molecule has 1 saturated heterocycles. The van der Waals surface area contributed by atoms with Crippen molar-refractivity contribution in [3.63, 3.8) is 0 Å². The molecule has 1 saturated carbocycles. The van der Waals surface area contributed by atoms with Gasteiger partial charge in [0.05, 0.1) is 6.61 Å². The second-order valence-electron chi connectivity index (χ2n) is 5.31. The van der Waals surface area contributed by atoms with Crippen LogP contribution in [0.1, 0.15) is 32.6 Å². The third-order valence-corrected chi connectivity index (χ3v) is 4.56. The second-order valence-corrected chi connectivity index (χ2v) is 5.63. The van der Waals surface area contributed by atoms with Gasteiger partial charge in [-0.2, -0.15) is 12.6 Å². The Labute approximate surface area is 103 Å². The maximum atomic E-state index is 11.8. The SMILES string of the molecule is CC(NC(=O)CC1(CS)CC1)C1CCOC1. The average Bonchev–Trinajstić information content (AvgIpc) is 2.82. The highest BCUT2D eigenvalue weighted by Gasteiger charge is 2.43. The third-order valence-electron chi connectivity index (χ3n) is 3.89. The summed E-state index contributed by atoms with van der Waals surface area (Å²) in [5, 5.41) is 3.10. The molecule has 0 aromatic carbocycles. The van der Waals surface area contributed by atoms with Crippen molar-refractivity contribution < 1.29 is 9.53 Å². The molecule has 2 unspecified atom stereocenters. The van der Waals surface area contributed by atoms with Gasteiger partial charge in [0.1, 0.15) is 0 Å². The summed E-state index contributed by atoms with van der Waals surface area (Å²) in [5.74, 6) is 1.52. The molecular weight excluding hydrogens is 222 g/mol. The fourth-order valence-corrected chi connectivity index (χ4v) is 2.71. The summed E-state index contributed by atoms with van der Waals surface area (Å²) in [6.07, 6.45) is 4.03. The van der Waals surface area contributed by atoms with Crippen LogP contribution in [0.3, 0.4) is 0 Å². The molecule has 0 aromatic heterocycles. The first-order chi connectivity index (χ1) is 7.65. The van der Waals surface area contributed by atoms with Gasteiger partial charge in [-0.05, 0) is 37.4 Å². The molecule has 4 heteroatoms. The zero-order chi connectivity index (χ0) is 11.6. The molecule has 2 rings (SSSR count). The Morgan fingerprint density at radius 2 is 2.38 bits per heavy atom. The molecule has 0 bridgehead atoms. The Morgan fingerprint density at radius 1 is 1.62 bits per heavy atom. The van der Waals surface area contributed by atoms with Crippen LogP contribution in [0.5, 0.6) is 0 Å². The maximum absolute atomic E-state index is 11.8. The lowest BCUT2D eigenvalue weighted by Crippen LogP contribution is -2.39. The molecule has 3 nitrogen and oxygen atoms in total. The summed E-state index contributed by atoms with van der Waals surface area (Å²) in [6, 6.07) is 0.241. The molecule has 1 heterocycles. The molecule has 1 amide bonds. The van der Waals surface area contributed by atoms with Crippen molar-refractivity contribution in [3.8, 4) is 0 Å². The van der Waals surface area contributed by atoms with Crippen LogP contribution in [0.25, 0.3) is 0 Å². The number of carbonyl (C=O) groups is 1. The molecule has 2 fully saturated rings. The highest BCUT2D eigenvalue weighted by atomic mass is 32.1. The van der Waals surface area contributed by atoms with Crippen molar-refractivity contribution in [2.24, 2.45) is 11.3 Å². The van der Waals surface area contributed by atoms with Crippen LogP contribution in [-0.4, -0.2) is 30.9 Å². The first-order valence-electron chi connectivity index (χ1n) is 6.13. The van der Waals surface area contributed by atoms with E-state index in [4.69, 9.17) is 4.74 Å². The fourth-order valence-electron chi connectivity index (χ4n) is 2.28. The zero-order valence-corrected chi connectivity index (χ0v) is 10.8. The molecule has 16 heavy (non-hydrogen) atoms. The van der Waals surface area contributed by atoms with Crippen LogP contribution < -0.4 is 5.32 Å². The minimum Gasteiger partial charge on any atom is -0.381 e. The molecule has 1 aliphatic carbocycles. The smallest absolute Gasteiger partial charge is 0.220 e. The minimum absolute atomic E-state index is 0.186. The van der Waals surface area contributed by atoms with Gasteiger partial charge < -0.3 is 10.1 Å². The number of hydrogen-bond acceptors (Lipinski definition) is 3. The fraction of sp³-hybridized carbons (Fsp3) is 0.917. The van der Waals surface area contributed by atoms with Gasteiger partial charge in [0, 0.05) is 25.0 Å². The summed E-state index contributed by atoms with van der Waals surface area (Å²) in [6.45, 7) is 3.71. The van der Waals surface area contributed by atoms with Crippen molar-refractivity contribution in [1.82, 2.24) is 5.32 Å². The quantitative estimate of drug-likeness (QED) is 0.720. The van der Waals surface area contributed by atoms with E-state index < -0.39 is 0 Å². The van der Waals surface area contributed by atoms with E-state index in [-0.39, 0.29) is 17.4 Å². The number of rotatable bonds is 5. The van der Waals surface area contributed by atoms with Gasteiger partial charge in [-0.1, -0.05) is 0 Å². The molecule has 0 spiro atoms. The van der Waals surface area contributed by atoms with Gasteiger partial charge in [-0.3, -0.25) is 4.79 Å². The van der Waals surface area contributed by atoms with Gasteiger partial charge in [0.2, 0.25) is 5.91 Å². The van der Waals surface area contributed by atoms with Gasteiger partial charge in [-0.25, -0.2) is 0 Å². The predicted octanol–water partition coefficient (Wildman–Crippen LogP) is 1.63. The van der Waals surface area contributed by atoms with Crippen LogP contribution >= 0.6 is 12.6 Å². The average molecular weight is 243 g/mol. The molecule has 92 valence electrons. The summed E-state index contributed by atoms with van der Waals surface area (Å²) < 4.78 is 5.33. The highest BCUT2D eigenvalue weighted by molar-refractivity contribution is 7.80. The summed E-state index contributed by atoms with van der Waals surface area (Å²) in [4.78, 5) is 11.8. The van der Waals surface area contributed by atoms with E-state index >= 15 is 0 Å². The van der Waals surface area contributed by atoms with E-state index in [0.29, 0.717) is 12.3 Å². The normalized spacial score (nSPS) is 28.8. The molecule has 2 aliphatic rings. The first-order valence-corrected chi connectivity index (χ1v) is 6.76. The van der Waals surface area contributed by atoms with Crippen LogP contribution in [0.2, 0.25) is 0 Å². The number of hydrogen-bond donors (Lipinski definition) is 2. The predicted molar refractivity (Wildman–Crippen MR) is 66.7 cm³/mol. The van der Waals surface area contributed by atoms with E-state index in [1.54, 1.807) is 0 Å². The minimum atomic E-state index is 0.186. The standard InChI is InChI=1S/C12H21NO2S/c1-9(10-2-5-15-7-10)13-11(14)6-12(8-16)3-4-12/h9-10,16H,2-8H2,1H3,(H,13,14). The van der Waals surface area contributed by atoms with E-state index in [1.165, 1.54) is 0 Å². The number of nitrogens with one attached hydrogen (secondary N) is 1. The lowest BCUT2D eigenvalue weighted by atomic mass is 9.99. The van der Waals surface area contributed by atoms with Crippen molar-refractivity contribution in [2.45, 2.75) is 38.6 Å². The van der Waals surface area contributed by atoms with Gasteiger partial charge >= 0.3 is 0 Å². The largest absolute Gasteiger partial charge is 0.381 e. The van der Waals surface area contributed by atoms with Crippen molar-refractivity contribution in [2.75, 3.05) is 19.0 Å². The Bertz CT molecular complexity index is 260. The maximum Gasteiger partial charge on any atom is 0.220 e. The van der Waals surface area contributed by atoms with E-state index in [9.17, 15) is 4.79 Å². The molecule has 1 N–H and O–H groups in total. The van der Waals surface area contributed by atoms with Crippen molar-refractivity contribution in [1.29, 1.82) is 0 Å². The third kappa shape index (κ3) is 2.92. The highest BCUT2D eigenvalue weighted by Crippen LogP contribution is 2.49. The summed E-state index contributed by atoms with van der Waals surface area (Å²) >= 11 is 4.32. The number of thiol groups is 1. The number of carbonyl (C=O) groups excluding carboxylic acids is 1. The summed E-state index contributed by atoms with van der Waals surface area (Å²) in [7, 11) is 0. The van der Waals surface area contributed by atoms with Crippen LogP contribution in [-0.2, 0) is 9.53 Å². The van der Waals surface area contributed by atoms with Crippen LogP contribution in [0.4, 0.5) is 0 Å². The van der Waals surface area contributed by atoms with Crippen LogP contribution in [0.15, 0.2) is 0 Å². The van der Waals surface area contributed by atoms with E-state index in [1.807, 2.05) is 0 Å². The number of ether oxygens (including phenoxy) is 1. The zero-order valence-electron chi connectivity index (χ0n) is 9.87. The number of amides is 1. The van der Waals surface area contributed by atoms with Crippen molar-refractivity contribution >= 4 is 18.5 Å². The van der Waals surface area contributed by atoms with E-state index in [2.05, 4.69) is 24.9 Å². The topological polar surface area (TPSA) is 38.3 Å². The van der Waals surface area contributed by atoms with Gasteiger partial charge in [0.25, 0.3) is 0 Å². The Kier molecular flexibility index (Phi) is 3.80. The van der Waals surface area contributed by atoms with Gasteiger partial charge in [-0.15, -0.1) is 0 Å². The Balaban J connectivity index is 1.74. The molecule has 1 aliphatic heterocycles. The molecule has 0 radical (unpaired) electrons. The van der Waals surface area contributed by atoms with Crippen molar-refractivity contribution in [3.05, 3.63) is 0 Å². The van der Waals surface area contributed by atoms with Crippen LogP contribution in [0, 0.1) is 11.3 Å². The molecule has 0 aromatic rings. The lowest BCUT2D eigenvalue weighted by Gasteiger charge is -2.20. The Morgan fingerprint density at radius 3 is 2.88 bits per heavy atom. The van der Waals surface area contributed by atoms with E-state index in [0.717, 1.165) is 38.2 Å². The van der Waals surface area contributed by atoms with Gasteiger partial charge in [0.15, 0.2) is 0 Å². The monoisotopic (exact) mass is 243 g/mol. The lowest BCUT2D eigenvalue weighted by molar-refractivity contribution is -0.123. The first kappa shape index (κ1) is 12.2.